The second-order valence-corrected chi connectivity index (χ2v) is 9.35. The van der Waals surface area contributed by atoms with Crippen LogP contribution in [0.15, 0.2) is 42.6 Å². The van der Waals surface area contributed by atoms with E-state index >= 15 is 0 Å². The number of carbonyl (C=O) groups is 2. The van der Waals surface area contributed by atoms with Gasteiger partial charge in [-0.1, -0.05) is 49.6 Å². The summed E-state index contributed by atoms with van der Waals surface area (Å²) in [5.41, 5.74) is 3.21. The number of anilines is 2. The lowest BCUT2D eigenvalue weighted by Gasteiger charge is -2.23. The predicted molar refractivity (Wildman–Crippen MR) is 135 cm³/mol. The van der Waals surface area contributed by atoms with Crippen molar-refractivity contribution in [2.24, 2.45) is 0 Å². The van der Waals surface area contributed by atoms with Crippen molar-refractivity contribution in [1.82, 2.24) is 9.55 Å². The summed E-state index contributed by atoms with van der Waals surface area (Å²) >= 11 is 0. The third-order valence-electron chi connectivity index (χ3n) is 6.91. The maximum Gasteiger partial charge on any atom is 0.356 e. The van der Waals surface area contributed by atoms with Gasteiger partial charge in [-0.3, -0.25) is 4.79 Å². The molecule has 35 heavy (non-hydrogen) atoms. The summed E-state index contributed by atoms with van der Waals surface area (Å²) in [6.45, 7) is 0.981. The van der Waals surface area contributed by atoms with Crippen LogP contribution in [0.3, 0.4) is 0 Å². The highest BCUT2D eigenvalue weighted by Crippen LogP contribution is 2.34. The number of ether oxygens (including phenoxy) is 2. The zero-order valence-corrected chi connectivity index (χ0v) is 20.1. The Kier molecular flexibility index (Phi) is 6.99. The first kappa shape index (κ1) is 23.4. The van der Waals surface area contributed by atoms with Gasteiger partial charge in [0.2, 0.25) is 0 Å². The molecule has 1 aliphatic heterocycles. The Morgan fingerprint density at radius 3 is 2.63 bits per heavy atom. The van der Waals surface area contributed by atoms with Gasteiger partial charge in [0, 0.05) is 24.6 Å². The van der Waals surface area contributed by atoms with Crippen molar-refractivity contribution in [2.75, 3.05) is 24.4 Å². The summed E-state index contributed by atoms with van der Waals surface area (Å²) in [6.07, 6.45) is 8.76. The molecule has 3 heterocycles. The van der Waals surface area contributed by atoms with Gasteiger partial charge in [-0.15, -0.1) is 0 Å². The molecule has 2 N–H and O–H groups in total. The van der Waals surface area contributed by atoms with Crippen LogP contribution in [0.1, 0.15) is 61.0 Å². The van der Waals surface area contributed by atoms with Gasteiger partial charge in [-0.25, -0.2) is 9.78 Å². The maximum atomic E-state index is 13.1. The van der Waals surface area contributed by atoms with Crippen molar-refractivity contribution in [1.29, 1.82) is 0 Å². The summed E-state index contributed by atoms with van der Waals surface area (Å²) in [6, 6.07) is 12.2. The van der Waals surface area contributed by atoms with E-state index in [1.54, 1.807) is 0 Å². The number of rotatable bonds is 7. The van der Waals surface area contributed by atoms with Crippen LogP contribution < -0.4 is 10.6 Å². The smallest absolute Gasteiger partial charge is 0.356 e. The minimum atomic E-state index is -0.525. The Morgan fingerprint density at radius 2 is 1.91 bits per heavy atom. The second kappa shape index (κ2) is 10.5. The minimum absolute atomic E-state index is 0.253. The van der Waals surface area contributed by atoms with Crippen molar-refractivity contribution >= 4 is 34.3 Å². The van der Waals surface area contributed by atoms with Crippen LogP contribution in [-0.2, 0) is 20.8 Å². The fourth-order valence-corrected chi connectivity index (χ4v) is 5.13. The van der Waals surface area contributed by atoms with Crippen molar-refractivity contribution in [3.05, 3.63) is 53.9 Å². The van der Waals surface area contributed by atoms with Gasteiger partial charge in [0.1, 0.15) is 11.8 Å². The number of aromatic nitrogens is 2. The van der Waals surface area contributed by atoms with E-state index in [2.05, 4.69) is 10.6 Å². The zero-order chi connectivity index (χ0) is 24.2. The number of nitrogens with one attached hydrogen (secondary N) is 2. The number of hydrogen-bond acceptors (Lipinski definition) is 6. The van der Waals surface area contributed by atoms with E-state index in [1.807, 2.05) is 47.2 Å². The molecule has 5 rings (SSSR count). The maximum absolute atomic E-state index is 13.1. The van der Waals surface area contributed by atoms with Crippen molar-refractivity contribution in [3.8, 4) is 0 Å². The van der Waals surface area contributed by atoms with Crippen LogP contribution in [0.2, 0.25) is 0 Å². The molecule has 0 spiro atoms. The first-order valence-corrected chi connectivity index (χ1v) is 12.5. The second-order valence-electron chi connectivity index (χ2n) is 9.35. The highest BCUT2D eigenvalue weighted by Gasteiger charge is 2.30. The van der Waals surface area contributed by atoms with E-state index in [0.29, 0.717) is 42.3 Å². The van der Waals surface area contributed by atoms with Crippen molar-refractivity contribution in [2.45, 2.75) is 63.6 Å². The van der Waals surface area contributed by atoms with Crippen molar-refractivity contribution < 1.29 is 19.1 Å². The molecule has 1 atom stereocenters. The predicted octanol–water partition coefficient (Wildman–Crippen LogP) is 4.73. The Balaban J connectivity index is 1.59. The first-order valence-electron chi connectivity index (χ1n) is 12.5. The third kappa shape index (κ3) is 5.03. The number of amides is 1. The van der Waals surface area contributed by atoms with Crippen LogP contribution >= 0.6 is 0 Å². The van der Waals surface area contributed by atoms with Gasteiger partial charge in [0.25, 0.3) is 5.91 Å². The molecule has 2 aromatic heterocycles. The number of esters is 1. The van der Waals surface area contributed by atoms with Gasteiger partial charge >= 0.3 is 5.97 Å². The number of methoxy groups -OCH3 is 1. The Labute approximate surface area is 205 Å². The Morgan fingerprint density at radius 1 is 1.11 bits per heavy atom. The molecule has 1 aromatic carbocycles. The minimum Gasteiger partial charge on any atom is -0.464 e. The highest BCUT2D eigenvalue weighted by atomic mass is 16.5. The summed E-state index contributed by atoms with van der Waals surface area (Å²) in [5, 5.41) is 7.30. The number of pyridine rings is 1. The van der Waals surface area contributed by atoms with Crippen molar-refractivity contribution in [3.63, 3.8) is 0 Å². The van der Waals surface area contributed by atoms with Crippen LogP contribution in [0.25, 0.3) is 11.0 Å². The number of carbonyl (C=O) groups excluding carboxylic acids is 2. The molecule has 2 fully saturated rings. The average molecular weight is 477 g/mol. The van der Waals surface area contributed by atoms with Gasteiger partial charge in [0.15, 0.2) is 5.69 Å². The number of fused-ring (bicyclic) bond motifs is 1. The highest BCUT2D eigenvalue weighted by molar-refractivity contribution is 6.12. The third-order valence-corrected chi connectivity index (χ3v) is 6.91. The zero-order valence-electron chi connectivity index (χ0n) is 20.1. The molecule has 8 heteroatoms. The van der Waals surface area contributed by atoms with Gasteiger partial charge in [0.05, 0.1) is 24.7 Å². The Bertz CT molecular complexity index is 1190. The molecule has 1 saturated heterocycles. The molecule has 3 aromatic rings. The van der Waals surface area contributed by atoms with E-state index < -0.39 is 12.1 Å². The molecule has 1 amide bonds. The normalized spacial score (nSPS) is 18.5. The molecular weight excluding hydrogens is 444 g/mol. The molecule has 2 aliphatic rings. The van der Waals surface area contributed by atoms with Crippen LogP contribution in [0.5, 0.6) is 0 Å². The molecule has 0 radical (unpaired) electrons. The first-order chi connectivity index (χ1) is 17.1. The van der Waals surface area contributed by atoms with E-state index in [0.717, 1.165) is 30.5 Å². The van der Waals surface area contributed by atoms with Crippen LogP contribution in [0, 0.1) is 0 Å². The van der Waals surface area contributed by atoms with E-state index in [1.165, 1.54) is 26.4 Å². The number of benzene rings is 1. The van der Waals surface area contributed by atoms with E-state index in [9.17, 15) is 9.59 Å². The average Bonchev–Trinajstić information content (AvgIpc) is 3.53. The molecule has 1 aliphatic carbocycles. The molecule has 1 unspecified atom stereocenters. The number of nitrogens with zero attached hydrogens (tertiary/aromatic N) is 2. The summed E-state index contributed by atoms with van der Waals surface area (Å²) in [4.78, 5) is 30.9. The van der Waals surface area contributed by atoms with Gasteiger partial charge in [-0.05, 0) is 37.3 Å². The largest absolute Gasteiger partial charge is 0.464 e. The van der Waals surface area contributed by atoms with Crippen LogP contribution in [-0.4, -0.2) is 47.3 Å². The quantitative estimate of drug-likeness (QED) is 0.479. The number of hydrogen-bond donors (Lipinski definition) is 2. The topological polar surface area (TPSA) is 94.5 Å². The molecule has 184 valence electrons. The van der Waals surface area contributed by atoms with E-state index in [4.69, 9.17) is 14.5 Å². The van der Waals surface area contributed by atoms with Crippen LogP contribution in [0.4, 0.5) is 11.4 Å². The van der Waals surface area contributed by atoms with Gasteiger partial charge < -0.3 is 24.7 Å². The molecule has 8 nitrogen and oxygen atoms in total. The summed E-state index contributed by atoms with van der Waals surface area (Å²) in [5.74, 6) is -0.777. The van der Waals surface area contributed by atoms with Gasteiger partial charge in [-0.2, -0.15) is 0 Å². The Hall–Kier alpha value is -3.39. The van der Waals surface area contributed by atoms with E-state index in [-0.39, 0.29) is 11.6 Å². The fourth-order valence-electron chi connectivity index (χ4n) is 5.13. The summed E-state index contributed by atoms with van der Waals surface area (Å²) in [7, 11) is 1.35. The molecular formula is C27H32N4O4. The fraction of sp³-hybridized carbons (Fsp3) is 0.444. The lowest BCUT2D eigenvalue weighted by atomic mass is 9.95. The lowest BCUT2D eigenvalue weighted by molar-refractivity contribution is -0.124. The summed E-state index contributed by atoms with van der Waals surface area (Å²) < 4.78 is 12.6. The monoisotopic (exact) mass is 476 g/mol. The molecule has 0 bridgehead atoms. The lowest BCUT2D eigenvalue weighted by Crippen LogP contribution is -2.28. The SMILES string of the molecule is COC(=O)c1c(NC(=O)C2CCCO2)c2cc(NC3CCCCC3)cnc2n1Cc1ccccc1. The molecule has 1 saturated carbocycles. The standard InChI is InChI=1S/C27H32N4O4/c1-34-27(33)24-23(30-26(32)22-13-8-14-35-22)21-15-20(29-19-11-6-3-7-12-19)16-28-25(21)31(24)17-18-9-4-2-5-10-18/h2,4-5,9-10,15-16,19,22,29H,3,6-8,11-14,17H2,1H3,(H,30,32).